The van der Waals surface area contributed by atoms with Gasteiger partial charge in [0, 0.05) is 16.3 Å². The number of hydrogen-bond donors (Lipinski definition) is 2. The molecule has 0 spiro atoms. The summed E-state index contributed by atoms with van der Waals surface area (Å²) in [4.78, 5) is 12.0. The largest absolute Gasteiger partial charge is 0.350 e. The van der Waals surface area contributed by atoms with E-state index in [1.165, 1.54) is 0 Å². The van der Waals surface area contributed by atoms with Crippen LogP contribution in [0.1, 0.15) is 17.0 Å². The zero-order valence-electron chi connectivity index (χ0n) is 14.2. The highest BCUT2D eigenvalue weighted by Gasteiger charge is 2.27. The first-order valence-electron chi connectivity index (χ1n) is 7.49. The van der Waals surface area contributed by atoms with Crippen LogP contribution in [-0.2, 0) is 11.2 Å². The Labute approximate surface area is 166 Å². The van der Waals surface area contributed by atoms with Gasteiger partial charge in [0.25, 0.3) is 5.92 Å². The smallest absolute Gasteiger partial charge is 0.277 e. The predicted octanol–water partition coefficient (Wildman–Crippen LogP) is 3.47. The van der Waals surface area contributed by atoms with E-state index in [9.17, 15) is 13.6 Å². The molecule has 0 saturated heterocycles. The summed E-state index contributed by atoms with van der Waals surface area (Å²) in [5, 5.41) is 7.49. The minimum atomic E-state index is -3.12. The van der Waals surface area contributed by atoms with Crippen molar-refractivity contribution >= 4 is 41.5 Å². The number of carbonyl (C=O) groups excluding carboxylic acids is 1. The Morgan fingerprint density at radius 3 is 2.58 bits per heavy atom. The van der Waals surface area contributed by atoms with Gasteiger partial charge in [-0.3, -0.25) is 4.79 Å². The van der Waals surface area contributed by atoms with Crippen molar-refractivity contribution in [3.05, 3.63) is 45.2 Å². The van der Waals surface area contributed by atoms with Crippen LogP contribution >= 0.6 is 35.6 Å². The van der Waals surface area contributed by atoms with E-state index in [0.717, 1.165) is 0 Å². The Hall–Kier alpha value is -1.41. The fourth-order valence-electron chi connectivity index (χ4n) is 2.34. The maximum Gasteiger partial charge on any atom is 0.277 e. The van der Waals surface area contributed by atoms with Crippen molar-refractivity contribution in [3.63, 3.8) is 0 Å². The number of carbonyl (C=O) groups is 1. The average Bonchev–Trinajstić information content (AvgIpc) is 2.81. The normalized spacial score (nSPS) is 11.2. The number of benzene rings is 1. The molecule has 5 nitrogen and oxygen atoms in total. The number of alkyl halides is 2. The first kappa shape index (κ1) is 22.6. The summed E-state index contributed by atoms with van der Waals surface area (Å²) in [5.74, 6) is -3.65. The van der Waals surface area contributed by atoms with Crippen LogP contribution in [0.4, 0.5) is 8.78 Å². The molecule has 0 atom stereocenters. The molecule has 0 aliphatic rings. The van der Waals surface area contributed by atoms with E-state index in [1.807, 2.05) is 0 Å². The van der Waals surface area contributed by atoms with Crippen LogP contribution in [0.25, 0.3) is 5.69 Å². The SMILES string of the molecule is Cc1nn(-c2ccc(Cl)cc2Cl)c(C)c1CC(=O)NCC(F)(F)CN.Cl. The van der Waals surface area contributed by atoms with Gasteiger partial charge in [-0.15, -0.1) is 12.4 Å². The molecule has 0 fully saturated rings. The molecule has 0 aliphatic carbocycles. The molecular weight excluding hydrogens is 409 g/mol. The molecule has 26 heavy (non-hydrogen) atoms. The van der Waals surface area contributed by atoms with Gasteiger partial charge in [-0.05, 0) is 32.0 Å². The van der Waals surface area contributed by atoms with Crippen LogP contribution in [0.15, 0.2) is 18.2 Å². The molecule has 1 aromatic carbocycles. The number of halogens is 5. The van der Waals surface area contributed by atoms with Gasteiger partial charge in [0.2, 0.25) is 5.91 Å². The van der Waals surface area contributed by atoms with E-state index < -0.39 is 24.9 Å². The molecule has 0 saturated carbocycles. The molecule has 0 aliphatic heterocycles. The third-order valence-corrected chi connectivity index (χ3v) is 4.30. The lowest BCUT2D eigenvalue weighted by Crippen LogP contribution is -2.42. The summed E-state index contributed by atoms with van der Waals surface area (Å²) < 4.78 is 27.9. The van der Waals surface area contributed by atoms with Gasteiger partial charge in [0.15, 0.2) is 0 Å². The second-order valence-corrected chi connectivity index (χ2v) is 6.51. The van der Waals surface area contributed by atoms with E-state index in [4.69, 9.17) is 28.9 Å². The lowest BCUT2D eigenvalue weighted by atomic mass is 10.1. The molecule has 3 N–H and O–H groups in total. The summed E-state index contributed by atoms with van der Waals surface area (Å²) in [7, 11) is 0. The quantitative estimate of drug-likeness (QED) is 0.741. The molecule has 10 heteroatoms. The van der Waals surface area contributed by atoms with Crippen molar-refractivity contribution in [2.45, 2.75) is 26.2 Å². The van der Waals surface area contributed by atoms with Crippen molar-refractivity contribution in [3.8, 4) is 5.69 Å². The standard InChI is InChI=1S/C16H18Cl2F2N4O.ClH/c1-9-12(6-15(25)22-8-16(19,20)7-21)10(2)24(23-9)14-4-3-11(17)5-13(14)18;/h3-5H,6-8,21H2,1-2H3,(H,22,25);1H. The van der Waals surface area contributed by atoms with Gasteiger partial charge in [0.05, 0.1) is 35.9 Å². The monoisotopic (exact) mass is 426 g/mol. The summed E-state index contributed by atoms with van der Waals surface area (Å²) in [6, 6.07) is 4.99. The third-order valence-electron chi connectivity index (χ3n) is 3.76. The number of amides is 1. The van der Waals surface area contributed by atoms with Crippen molar-refractivity contribution < 1.29 is 13.6 Å². The lowest BCUT2D eigenvalue weighted by molar-refractivity contribution is -0.122. The molecule has 2 rings (SSSR count). The molecule has 2 aromatic rings. The zero-order chi connectivity index (χ0) is 18.8. The van der Waals surface area contributed by atoms with E-state index >= 15 is 0 Å². The van der Waals surface area contributed by atoms with Gasteiger partial charge in [-0.25, -0.2) is 13.5 Å². The molecule has 1 heterocycles. The van der Waals surface area contributed by atoms with E-state index in [-0.39, 0.29) is 18.8 Å². The predicted molar refractivity (Wildman–Crippen MR) is 101 cm³/mol. The number of aromatic nitrogens is 2. The fourth-order valence-corrected chi connectivity index (χ4v) is 2.83. The summed E-state index contributed by atoms with van der Waals surface area (Å²) in [6.07, 6.45) is -0.0659. The maximum absolute atomic E-state index is 13.1. The van der Waals surface area contributed by atoms with Gasteiger partial charge < -0.3 is 11.1 Å². The molecule has 1 aromatic heterocycles. The topological polar surface area (TPSA) is 72.9 Å². The number of rotatable bonds is 6. The lowest BCUT2D eigenvalue weighted by Gasteiger charge is -2.14. The number of nitrogens with zero attached hydrogens (tertiary/aromatic N) is 2. The molecule has 0 unspecified atom stereocenters. The molecule has 0 radical (unpaired) electrons. The number of hydrogen-bond acceptors (Lipinski definition) is 3. The van der Waals surface area contributed by atoms with Crippen LogP contribution in [0.3, 0.4) is 0 Å². The summed E-state index contributed by atoms with van der Waals surface area (Å²) in [6.45, 7) is 1.91. The van der Waals surface area contributed by atoms with Gasteiger partial charge in [0.1, 0.15) is 0 Å². The average molecular weight is 428 g/mol. The Kier molecular flexibility index (Phi) is 7.83. The van der Waals surface area contributed by atoms with Crippen LogP contribution in [0.2, 0.25) is 10.0 Å². The third kappa shape index (κ3) is 5.30. The Bertz CT molecular complexity index is 796. The highest BCUT2D eigenvalue weighted by Crippen LogP contribution is 2.27. The Balaban J connectivity index is 0.00000338. The van der Waals surface area contributed by atoms with Crippen molar-refractivity contribution in [1.82, 2.24) is 15.1 Å². The molecular formula is C16H19Cl3F2N4O. The van der Waals surface area contributed by atoms with Crippen molar-refractivity contribution in [2.24, 2.45) is 5.73 Å². The first-order valence-corrected chi connectivity index (χ1v) is 8.25. The number of nitrogens with one attached hydrogen (secondary N) is 1. The van der Waals surface area contributed by atoms with E-state index in [1.54, 1.807) is 36.7 Å². The van der Waals surface area contributed by atoms with E-state index in [0.29, 0.717) is 32.7 Å². The van der Waals surface area contributed by atoms with Gasteiger partial charge in [-0.2, -0.15) is 5.10 Å². The van der Waals surface area contributed by atoms with Crippen LogP contribution in [0, 0.1) is 13.8 Å². The Morgan fingerprint density at radius 2 is 2.00 bits per heavy atom. The van der Waals surface area contributed by atoms with Gasteiger partial charge >= 0.3 is 0 Å². The molecule has 0 bridgehead atoms. The fraction of sp³-hybridized carbons (Fsp3) is 0.375. The van der Waals surface area contributed by atoms with Crippen LogP contribution < -0.4 is 11.1 Å². The maximum atomic E-state index is 13.1. The highest BCUT2D eigenvalue weighted by atomic mass is 35.5. The summed E-state index contributed by atoms with van der Waals surface area (Å²) in [5.41, 5.74) is 7.53. The number of nitrogens with two attached hydrogens (primary N) is 1. The minimum Gasteiger partial charge on any atom is -0.350 e. The summed E-state index contributed by atoms with van der Waals surface area (Å²) >= 11 is 12.1. The molecule has 144 valence electrons. The Morgan fingerprint density at radius 1 is 1.35 bits per heavy atom. The second-order valence-electron chi connectivity index (χ2n) is 5.67. The minimum absolute atomic E-state index is 0. The highest BCUT2D eigenvalue weighted by molar-refractivity contribution is 6.35. The first-order chi connectivity index (χ1) is 11.6. The second kappa shape index (κ2) is 8.99. The van der Waals surface area contributed by atoms with Gasteiger partial charge in [-0.1, -0.05) is 23.2 Å². The zero-order valence-corrected chi connectivity index (χ0v) is 16.5. The van der Waals surface area contributed by atoms with Crippen LogP contribution in [-0.4, -0.2) is 34.7 Å². The van der Waals surface area contributed by atoms with E-state index in [2.05, 4.69) is 10.4 Å². The van der Waals surface area contributed by atoms with Crippen LogP contribution in [0.5, 0.6) is 0 Å². The molecule has 1 amide bonds. The van der Waals surface area contributed by atoms with Crippen molar-refractivity contribution in [2.75, 3.05) is 13.1 Å². The van der Waals surface area contributed by atoms with Crippen molar-refractivity contribution in [1.29, 1.82) is 0 Å². The number of aryl methyl sites for hydroxylation is 1.